The Morgan fingerprint density at radius 3 is 2.63 bits per heavy atom. The van der Waals surface area contributed by atoms with Gasteiger partial charge in [-0.3, -0.25) is 4.79 Å². The number of rotatable bonds is 9. The molecule has 3 N–H and O–H groups in total. The van der Waals surface area contributed by atoms with Crippen LogP contribution in [0.25, 0.3) is 0 Å². The van der Waals surface area contributed by atoms with Crippen LogP contribution in [-0.4, -0.2) is 46.2 Å². The number of ether oxygens (including phenoxy) is 1. The molecule has 4 aliphatic rings. The summed E-state index contributed by atoms with van der Waals surface area (Å²) in [5.41, 5.74) is 2.56. The number of carbonyl (C=O) groups excluding carboxylic acids is 1. The molecule has 0 saturated heterocycles. The van der Waals surface area contributed by atoms with Crippen LogP contribution in [0.2, 0.25) is 0 Å². The van der Waals surface area contributed by atoms with Crippen LogP contribution in [0.4, 0.5) is 0 Å². The van der Waals surface area contributed by atoms with Crippen molar-refractivity contribution in [2.75, 3.05) is 6.61 Å². The second kappa shape index (κ2) is 11.4. The van der Waals surface area contributed by atoms with Gasteiger partial charge in [-0.25, -0.2) is 0 Å². The van der Waals surface area contributed by atoms with Crippen LogP contribution >= 0.6 is 0 Å². The van der Waals surface area contributed by atoms with Gasteiger partial charge in [-0.15, -0.1) is 0 Å². The molecule has 0 amide bonds. The fourth-order valence-corrected chi connectivity index (χ4v) is 7.56. The van der Waals surface area contributed by atoms with Gasteiger partial charge in [0.15, 0.2) is 0 Å². The number of unbranched alkanes of at least 4 members (excludes halogenated alkanes) is 1. The Kier molecular flexibility index (Phi) is 8.81. The van der Waals surface area contributed by atoms with Gasteiger partial charge in [-0.2, -0.15) is 0 Å². The molecule has 0 aliphatic heterocycles. The van der Waals surface area contributed by atoms with Crippen molar-refractivity contribution >= 4 is 5.97 Å². The van der Waals surface area contributed by atoms with Crippen molar-refractivity contribution in [2.24, 2.45) is 28.1 Å². The van der Waals surface area contributed by atoms with E-state index in [9.17, 15) is 20.1 Å². The highest BCUT2D eigenvalue weighted by Gasteiger charge is 2.60. The lowest BCUT2D eigenvalue weighted by Crippen LogP contribution is -2.38. The lowest BCUT2D eigenvalue weighted by atomic mass is 9.60. The average Bonchev–Trinajstić information content (AvgIpc) is 3.56. The van der Waals surface area contributed by atoms with Gasteiger partial charge in [-0.05, 0) is 105 Å². The molecule has 4 aliphatic carbocycles. The molecule has 6 atom stereocenters. The number of allylic oxidation sites excluding steroid dienone is 4. The van der Waals surface area contributed by atoms with Crippen molar-refractivity contribution in [3.05, 3.63) is 47.6 Å². The predicted molar refractivity (Wildman–Crippen MR) is 151 cm³/mol. The SMILES string of the molecule is C=C1/C(=C\C=C2/CCC[C@]3(C)[C@@H](C4(/C=C/[C@H](O)C(C)(C)C(=O)OCCCC)CC4)CC[C@@H]23)C[C@@H](O)C[C@@H]1O. The molecule has 0 bridgehead atoms. The maximum Gasteiger partial charge on any atom is 0.314 e. The fourth-order valence-electron chi connectivity index (χ4n) is 7.56. The minimum Gasteiger partial charge on any atom is -0.465 e. The molecule has 0 aromatic heterocycles. The van der Waals surface area contributed by atoms with Crippen LogP contribution in [0.1, 0.15) is 98.3 Å². The van der Waals surface area contributed by atoms with Crippen LogP contribution in [0.15, 0.2) is 47.6 Å². The zero-order valence-corrected chi connectivity index (χ0v) is 24.0. The first-order chi connectivity index (χ1) is 17.9. The number of aliphatic hydroxyl groups is 3. The van der Waals surface area contributed by atoms with Crippen LogP contribution in [0.5, 0.6) is 0 Å². The van der Waals surface area contributed by atoms with Gasteiger partial charge in [0.25, 0.3) is 0 Å². The van der Waals surface area contributed by atoms with E-state index < -0.39 is 23.7 Å². The van der Waals surface area contributed by atoms with Crippen LogP contribution in [0, 0.1) is 28.1 Å². The van der Waals surface area contributed by atoms with E-state index in [0.717, 1.165) is 43.3 Å². The summed E-state index contributed by atoms with van der Waals surface area (Å²) in [6.45, 7) is 12.6. The Bertz CT molecular complexity index is 983. The first-order valence-corrected chi connectivity index (χ1v) is 14.9. The monoisotopic (exact) mass is 526 g/mol. The molecule has 0 aromatic carbocycles. The lowest BCUT2D eigenvalue weighted by molar-refractivity contribution is -0.158. The molecule has 0 radical (unpaired) electrons. The van der Waals surface area contributed by atoms with E-state index in [-0.39, 0.29) is 16.8 Å². The largest absolute Gasteiger partial charge is 0.465 e. The first-order valence-electron chi connectivity index (χ1n) is 14.9. The summed E-state index contributed by atoms with van der Waals surface area (Å²) in [4.78, 5) is 12.6. The molecular formula is C33H50O5. The van der Waals surface area contributed by atoms with Crippen molar-refractivity contribution in [3.63, 3.8) is 0 Å². The first kappa shape index (κ1) is 29.3. The standard InChI is InChI=1S/C33H50O5/c1-6-7-19-38-30(37)31(3,4)29(36)14-16-33(17-18-33)28-13-12-26-23(9-8-15-32(26,28)5)10-11-24-20-25(34)21-27(35)22(24)2/h10-11,14,16,25-29,34-36H,2,6-9,12-13,15,17-21H2,1,3-5H3/b16-14+,23-10+,24-11-/t25-,26+,27+,28+,29+,32+/m1/s1. The Morgan fingerprint density at radius 1 is 1.21 bits per heavy atom. The van der Waals surface area contributed by atoms with Crippen molar-refractivity contribution in [1.29, 1.82) is 0 Å². The van der Waals surface area contributed by atoms with Gasteiger partial charge in [0.2, 0.25) is 0 Å². The number of aliphatic hydroxyl groups excluding tert-OH is 3. The zero-order chi connectivity index (χ0) is 27.7. The average molecular weight is 527 g/mol. The fraction of sp³-hybridized carbons (Fsp3) is 0.727. The summed E-state index contributed by atoms with van der Waals surface area (Å²) in [6, 6.07) is 0. The molecule has 5 nitrogen and oxygen atoms in total. The van der Waals surface area contributed by atoms with Crippen molar-refractivity contribution in [2.45, 2.75) is 117 Å². The van der Waals surface area contributed by atoms with Gasteiger partial charge in [-0.1, -0.05) is 56.7 Å². The smallest absolute Gasteiger partial charge is 0.314 e. The Morgan fingerprint density at radius 2 is 1.95 bits per heavy atom. The number of hydrogen-bond acceptors (Lipinski definition) is 5. The van der Waals surface area contributed by atoms with E-state index >= 15 is 0 Å². The van der Waals surface area contributed by atoms with E-state index in [1.165, 1.54) is 31.3 Å². The third-order valence-electron chi connectivity index (χ3n) is 10.4. The molecule has 4 fully saturated rings. The molecule has 5 heteroatoms. The van der Waals surface area contributed by atoms with Crippen LogP contribution < -0.4 is 0 Å². The number of hydrogen-bond donors (Lipinski definition) is 3. The Hall–Kier alpha value is -1.69. The second-order valence-corrected chi connectivity index (χ2v) is 13.4. The molecule has 0 spiro atoms. The van der Waals surface area contributed by atoms with Gasteiger partial charge < -0.3 is 20.1 Å². The van der Waals surface area contributed by atoms with Gasteiger partial charge in [0.05, 0.1) is 30.3 Å². The predicted octanol–water partition coefficient (Wildman–Crippen LogP) is 6.19. The van der Waals surface area contributed by atoms with E-state index in [4.69, 9.17) is 4.74 Å². The van der Waals surface area contributed by atoms with Gasteiger partial charge >= 0.3 is 5.97 Å². The van der Waals surface area contributed by atoms with Crippen molar-refractivity contribution in [3.8, 4) is 0 Å². The highest BCUT2D eigenvalue weighted by molar-refractivity contribution is 5.77. The molecule has 0 aromatic rings. The topological polar surface area (TPSA) is 87.0 Å². The third kappa shape index (κ3) is 5.76. The van der Waals surface area contributed by atoms with E-state index in [0.29, 0.717) is 31.3 Å². The maximum absolute atomic E-state index is 12.6. The highest BCUT2D eigenvalue weighted by atomic mass is 16.5. The van der Waals surface area contributed by atoms with Gasteiger partial charge in [0.1, 0.15) is 0 Å². The molecular weight excluding hydrogens is 476 g/mol. The number of carbonyl (C=O) groups is 1. The highest BCUT2D eigenvalue weighted by Crippen LogP contribution is 2.69. The molecule has 4 saturated carbocycles. The lowest BCUT2D eigenvalue weighted by Gasteiger charge is -2.45. The zero-order valence-electron chi connectivity index (χ0n) is 24.0. The minimum atomic E-state index is -0.971. The summed E-state index contributed by atoms with van der Waals surface area (Å²) in [7, 11) is 0. The summed E-state index contributed by atoms with van der Waals surface area (Å²) in [5.74, 6) is 0.760. The van der Waals surface area contributed by atoms with E-state index in [1.807, 2.05) is 6.08 Å². The number of esters is 1. The summed E-state index contributed by atoms with van der Waals surface area (Å²) < 4.78 is 5.42. The molecule has 38 heavy (non-hydrogen) atoms. The molecule has 0 unspecified atom stereocenters. The minimum absolute atomic E-state index is 0.111. The third-order valence-corrected chi connectivity index (χ3v) is 10.4. The maximum atomic E-state index is 12.6. The summed E-state index contributed by atoms with van der Waals surface area (Å²) in [6.07, 6.45) is 17.3. The number of fused-ring (bicyclic) bond motifs is 1. The second-order valence-electron chi connectivity index (χ2n) is 13.4. The van der Waals surface area contributed by atoms with Crippen LogP contribution in [-0.2, 0) is 9.53 Å². The summed E-state index contributed by atoms with van der Waals surface area (Å²) >= 11 is 0. The van der Waals surface area contributed by atoms with Crippen LogP contribution in [0.3, 0.4) is 0 Å². The normalized spacial score (nSPS) is 36.0. The quantitative estimate of drug-likeness (QED) is 0.189. The molecule has 0 heterocycles. The molecule has 4 rings (SSSR count). The Balaban J connectivity index is 1.47. The summed E-state index contributed by atoms with van der Waals surface area (Å²) in [5, 5.41) is 31.3. The van der Waals surface area contributed by atoms with Crippen molar-refractivity contribution < 1.29 is 24.9 Å². The molecule has 212 valence electrons. The Labute approximate surface area is 229 Å². The van der Waals surface area contributed by atoms with Crippen molar-refractivity contribution in [1.82, 2.24) is 0 Å². The van der Waals surface area contributed by atoms with E-state index in [2.05, 4.69) is 38.7 Å². The van der Waals surface area contributed by atoms with Gasteiger partial charge in [0, 0.05) is 6.42 Å². The van der Waals surface area contributed by atoms with E-state index in [1.54, 1.807) is 13.8 Å².